The van der Waals surface area contributed by atoms with Gasteiger partial charge in [-0.1, -0.05) is 103 Å². The lowest BCUT2D eigenvalue weighted by Crippen LogP contribution is -2.37. The number of phosphoric ester groups is 1. The van der Waals surface area contributed by atoms with E-state index in [0.717, 1.165) is 19.3 Å². The third kappa shape index (κ3) is 30.2. The lowest BCUT2D eigenvalue weighted by molar-refractivity contribution is -0.870. The molecule has 0 aromatic carbocycles. The highest BCUT2D eigenvalue weighted by atomic mass is 31.2. The molecule has 0 heterocycles. The Balaban J connectivity index is 4.04. The van der Waals surface area contributed by atoms with E-state index in [9.17, 15) is 19.0 Å². The second-order valence-corrected chi connectivity index (χ2v) is 13.4. The van der Waals surface area contributed by atoms with Crippen LogP contribution in [0.1, 0.15) is 122 Å². The fraction of sp³-hybridized carbons (Fsp3) is 0.933. The Labute approximate surface area is 249 Å². The zero-order valence-electron chi connectivity index (χ0n) is 26.5. The van der Waals surface area contributed by atoms with Crippen LogP contribution < -0.4 is 0 Å². The quantitative estimate of drug-likeness (QED) is 0.0387. The van der Waals surface area contributed by atoms with Gasteiger partial charge in [0.15, 0.2) is 0 Å². The Morgan fingerprint density at radius 3 is 1.66 bits per heavy atom. The molecule has 2 atom stereocenters. The summed E-state index contributed by atoms with van der Waals surface area (Å²) in [6.45, 7) is 2.85. The van der Waals surface area contributed by atoms with Crippen LogP contribution >= 0.6 is 7.82 Å². The van der Waals surface area contributed by atoms with Crippen molar-refractivity contribution >= 4 is 19.8 Å². The average molecular weight is 611 g/mol. The molecule has 0 spiro atoms. The van der Waals surface area contributed by atoms with Gasteiger partial charge in [-0.05, 0) is 6.42 Å². The molecule has 0 rings (SSSR count). The van der Waals surface area contributed by atoms with Crippen molar-refractivity contribution in [3.63, 3.8) is 0 Å². The van der Waals surface area contributed by atoms with Crippen LogP contribution in [0.25, 0.3) is 0 Å². The van der Waals surface area contributed by atoms with Gasteiger partial charge in [0.05, 0.1) is 47.2 Å². The van der Waals surface area contributed by atoms with E-state index in [0.29, 0.717) is 17.6 Å². The van der Waals surface area contributed by atoms with Crippen LogP contribution in [-0.4, -0.2) is 86.6 Å². The van der Waals surface area contributed by atoms with E-state index in [4.69, 9.17) is 23.6 Å². The van der Waals surface area contributed by atoms with Crippen LogP contribution in [-0.2, 0) is 32.7 Å². The normalized spacial score (nSPS) is 14.1. The maximum Gasteiger partial charge on any atom is 0.472 e. The zero-order chi connectivity index (χ0) is 30.8. The molecule has 0 saturated heterocycles. The molecule has 11 heteroatoms. The van der Waals surface area contributed by atoms with Gasteiger partial charge in [0.25, 0.3) is 0 Å². The highest BCUT2D eigenvalue weighted by molar-refractivity contribution is 7.47. The molecule has 0 amide bonds. The number of phosphoric acid groups is 1. The van der Waals surface area contributed by atoms with Gasteiger partial charge in [-0.3, -0.25) is 18.6 Å². The number of hydrogen-bond donors (Lipinski definition) is 2. The van der Waals surface area contributed by atoms with Gasteiger partial charge in [0.1, 0.15) is 19.3 Å². The van der Waals surface area contributed by atoms with Gasteiger partial charge in [-0.25, -0.2) is 4.57 Å². The summed E-state index contributed by atoms with van der Waals surface area (Å²) in [5, 5.41) is 8.77. The molecular weight excluding hydrogens is 549 g/mol. The highest BCUT2D eigenvalue weighted by Gasteiger charge is 2.26. The van der Waals surface area contributed by atoms with Gasteiger partial charge < -0.3 is 24.0 Å². The Morgan fingerprint density at radius 1 is 0.707 bits per heavy atom. The number of esters is 1. The largest absolute Gasteiger partial charge is 0.481 e. The summed E-state index contributed by atoms with van der Waals surface area (Å²) in [5.74, 6) is -1.84. The molecule has 2 unspecified atom stereocenters. The molecule has 0 radical (unpaired) electrons. The molecule has 41 heavy (non-hydrogen) atoms. The summed E-state index contributed by atoms with van der Waals surface area (Å²) in [5.41, 5.74) is 0. The third-order valence-corrected chi connectivity index (χ3v) is 7.71. The minimum Gasteiger partial charge on any atom is -0.481 e. The minimum atomic E-state index is -4.34. The number of aliphatic carboxylic acids is 1. The van der Waals surface area contributed by atoms with E-state index < -0.39 is 32.5 Å². The van der Waals surface area contributed by atoms with E-state index >= 15 is 0 Å². The second-order valence-electron chi connectivity index (χ2n) is 12.0. The lowest BCUT2D eigenvalue weighted by Gasteiger charge is -2.24. The first-order chi connectivity index (χ1) is 19.4. The lowest BCUT2D eigenvalue weighted by atomic mass is 10.0. The number of carbonyl (C=O) groups excluding carboxylic acids is 1. The van der Waals surface area contributed by atoms with Crippen LogP contribution in [0.5, 0.6) is 0 Å². The predicted molar refractivity (Wildman–Crippen MR) is 162 cm³/mol. The van der Waals surface area contributed by atoms with Crippen LogP contribution in [0, 0.1) is 0 Å². The zero-order valence-corrected chi connectivity index (χ0v) is 27.4. The van der Waals surface area contributed by atoms with Crippen molar-refractivity contribution in [2.24, 2.45) is 0 Å². The number of carbonyl (C=O) groups is 2. The fourth-order valence-corrected chi connectivity index (χ4v) is 4.92. The van der Waals surface area contributed by atoms with Crippen molar-refractivity contribution in [2.75, 3.05) is 54.1 Å². The van der Waals surface area contributed by atoms with Gasteiger partial charge in [-0.15, -0.1) is 0 Å². The molecule has 0 fully saturated rings. The van der Waals surface area contributed by atoms with Crippen LogP contribution in [0.3, 0.4) is 0 Å². The monoisotopic (exact) mass is 610 g/mol. The van der Waals surface area contributed by atoms with E-state index in [2.05, 4.69) is 6.92 Å². The minimum absolute atomic E-state index is 0.0174. The predicted octanol–water partition coefficient (Wildman–Crippen LogP) is 6.88. The van der Waals surface area contributed by atoms with Crippen molar-refractivity contribution in [3.05, 3.63) is 0 Å². The number of carboxylic acids is 1. The van der Waals surface area contributed by atoms with Crippen molar-refractivity contribution < 1.29 is 47.2 Å². The average Bonchev–Trinajstić information content (AvgIpc) is 2.88. The standard InChI is InChI=1S/C30H60NO9P/c1-5-6-7-8-9-10-11-12-13-14-15-16-17-18-19-20-24-37-26-28(40-30(34)22-21-29(32)33)27-39-41(35,36)38-25-23-31(2,3)4/h28H,5-27H2,1-4H3,(H-,32,33,35,36)/p+1. The summed E-state index contributed by atoms with van der Waals surface area (Å²) in [4.78, 5) is 32.7. The molecule has 0 aromatic heterocycles. The van der Waals surface area contributed by atoms with Crippen molar-refractivity contribution in [2.45, 2.75) is 129 Å². The topological polar surface area (TPSA) is 129 Å². The number of hydrogen-bond acceptors (Lipinski definition) is 7. The molecule has 244 valence electrons. The number of carboxylic acid groups (broad SMARTS) is 1. The molecule has 0 bridgehead atoms. The number of nitrogens with zero attached hydrogens (tertiary/aromatic N) is 1. The maximum atomic E-state index is 12.2. The molecule has 2 N–H and O–H groups in total. The summed E-state index contributed by atoms with van der Waals surface area (Å²) in [6, 6.07) is 0. The number of quaternary nitrogens is 1. The summed E-state index contributed by atoms with van der Waals surface area (Å²) >= 11 is 0. The number of rotatable bonds is 30. The van der Waals surface area contributed by atoms with Crippen molar-refractivity contribution in [1.29, 1.82) is 0 Å². The van der Waals surface area contributed by atoms with Crippen LogP contribution in [0.2, 0.25) is 0 Å². The molecular formula is C30H61NO9P+. The summed E-state index contributed by atoms with van der Waals surface area (Å²) < 4.78 is 33.7. The molecule has 10 nitrogen and oxygen atoms in total. The molecule has 0 aliphatic rings. The highest BCUT2D eigenvalue weighted by Crippen LogP contribution is 2.43. The Hall–Kier alpha value is -1.03. The van der Waals surface area contributed by atoms with E-state index in [1.54, 1.807) is 0 Å². The second kappa shape index (κ2) is 25.5. The van der Waals surface area contributed by atoms with Gasteiger partial charge in [-0.2, -0.15) is 0 Å². The number of unbranched alkanes of at least 4 members (excludes halogenated alkanes) is 15. The van der Waals surface area contributed by atoms with E-state index in [-0.39, 0.29) is 26.1 Å². The Morgan fingerprint density at radius 2 is 1.20 bits per heavy atom. The van der Waals surface area contributed by atoms with Crippen LogP contribution in [0.15, 0.2) is 0 Å². The number of likely N-dealkylation sites (N-methyl/N-ethyl adjacent to an activating group) is 1. The fourth-order valence-electron chi connectivity index (χ4n) is 4.18. The summed E-state index contributed by atoms with van der Waals surface area (Å²) in [7, 11) is 1.44. The summed E-state index contributed by atoms with van der Waals surface area (Å²) in [6.07, 6.45) is 18.9. The molecule has 0 aliphatic heterocycles. The molecule has 0 aromatic rings. The van der Waals surface area contributed by atoms with Crippen molar-refractivity contribution in [1.82, 2.24) is 0 Å². The van der Waals surface area contributed by atoms with Crippen molar-refractivity contribution in [3.8, 4) is 0 Å². The SMILES string of the molecule is CCCCCCCCCCCCCCCCCCOCC(COP(=O)(O)OCC[N+](C)(C)C)OC(=O)CCC(=O)O. The number of ether oxygens (including phenoxy) is 2. The Kier molecular flexibility index (Phi) is 24.8. The Bertz CT molecular complexity index is 700. The maximum absolute atomic E-state index is 12.2. The van der Waals surface area contributed by atoms with E-state index in [1.807, 2.05) is 21.1 Å². The molecule has 0 saturated carbocycles. The van der Waals surface area contributed by atoms with E-state index in [1.165, 1.54) is 83.5 Å². The van der Waals surface area contributed by atoms with Gasteiger partial charge >= 0.3 is 19.8 Å². The first kappa shape index (κ1) is 40.0. The molecule has 0 aliphatic carbocycles. The smallest absolute Gasteiger partial charge is 0.472 e. The van der Waals surface area contributed by atoms with Gasteiger partial charge in [0, 0.05) is 6.61 Å². The first-order valence-electron chi connectivity index (χ1n) is 15.9. The van der Waals surface area contributed by atoms with Gasteiger partial charge in [0.2, 0.25) is 0 Å². The first-order valence-corrected chi connectivity index (χ1v) is 17.4. The van der Waals surface area contributed by atoms with Crippen LogP contribution in [0.4, 0.5) is 0 Å². The third-order valence-electron chi connectivity index (χ3n) is 6.73.